The third-order valence-electron chi connectivity index (χ3n) is 7.59. The number of carbonyl (C=O) groups is 2. The normalized spacial score (nSPS) is 26.3. The minimum atomic E-state index is -1.58. The molecule has 0 radical (unpaired) electrons. The molecule has 3 aliphatic rings. The van der Waals surface area contributed by atoms with Gasteiger partial charge in [-0.3, -0.25) is 14.0 Å². The standard InChI is InChI=1S/C26H30N2O7S/c1-5-17(20-13(2)23-21(14(3)30)25(31)27(23)24(20)26(32)35-34-4)28-18-8-6-7-16-11-15(9-10-29)12-19(22(16)18)36(28)33/h6-8,11-14,17,21,23,29-30H,5,9-10H2,1-4H3. The van der Waals surface area contributed by atoms with Gasteiger partial charge in [0.15, 0.2) is 11.0 Å². The topological polar surface area (TPSA) is 117 Å². The van der Waals surface area contributed by atoms with Crippen molar-refractivity contribution in [2.45, 2.75) is 56.7 Å². The lowest BCUT2D eigenvalue weighted by molar-refractivity contribution is -0.252. The lowest BCUT2D eigenvalue weighted by atomic mass is 9.76. The first kappa shape index (κ1) is 24.9. The minimum Gasteiger partial charge on any atom is -0.396 e. The van der Waals surface area contributed by atoms with Crippen molar-refractivity contribution >= 4 is 39.3 Å². The van der Waals surface area contributed by atoms with E-state index in [-0.39, 0.29) is 24.1 Å². The summed E-state index contributed by atoms with van der Waals surface area (Å²) in [5.41, 5.74) is 2.43. The molecule has 1 amide bonds. The summed E-state index contributed by atoms with van der Waals surface area (Å²) in [6, 6.07) is 8.77. The number of fused-ring (bicyclic) bond motifs is 1. The number of carbonyl (C=O) groups excluding carboxylic acids is 2. The maximum Gasteiger partial charge on any atom is 0.389 e. The molecule has 10 heteroatoms. The van der Waals surface area contributed by atoms with Crippen LogP contribution in [0.2, 0.25) is 0 Å². The average molecular weight is 515 g/mol. The molecule has 36 heavy (non-hydrogen) atoms. The summed E-state index contributed by atoms with van der Waals surface area (Å²) in [4.78, 5) is 37.7. The number of aliphatic hydroxyl groups is 2. The molecular formula is C26H30N2O7S. The highest BCUT2D eigenvalue weighted by molar-refractivity contribution is 7.87. The van der Waals surface area contributed by atoms with Gasteiger partial charge >= 0.3 is 5.97 Å². The first-order valence-electron chi connectivity index (χ1n) is 12.1. The molecule has 192 valence electrons. The third kappa shape index (κ3) is 3.42. The van der Waals surface area contributed by atoms with E-state index in [9.17, 15) is 24.0 Å². The fourth-order valence-electron chi connectivity index (χ4n) is 6.16. The first-order chi connectivity index (χ1) is 17.3. The van der Waals surface area contributed by atoms with Crippen molar-refractivity contribution in [3.8, 4) is 0 Å². The van der Waals surface area contributed by atoms with E-state index < -0.39 is 41.1 Å². The second-order valence-corrected chi connectivity index (χ2v) is 10.9. The predicted molar refractivity (Wildman–Crippen MR) is 133 cm³/mol. The van der Waals surface area contributed by atoms with Gasteiger partial charge in [-0.15, -0.1) is 0 Å². The maximum atomic E-state index is 14.0. The number of β-lactam (4-membered cyclic amide) rings is 1. The fourth-order valence-corrected chi connectivity index (χ4v) is 7.85. The Balaban J connectivity index is 1.65. The van der Waals surface area contributed by atoms with Gasteiger partial charge in [0.1, 0.15) is 5.70 Å². The molecule has 2 aromatic rings. The van der Waals surface area contributed by atoms with Crippen molar-refractivity contribution in [3.05, 3.63) is 47.2 Å². The van der Waals surface area contributed by atoms with Gasteiger partial charge in [0.25, 0.3) is 0 Å². The van der Waals surface area contributed by atoms with Crippen LogP contribution in [0.3, 0.4) is 0 Å². The molecular weight excluding hydrogens is 484 g/mol. The van der Waals surface area contributed by atoms with Gasteiger partial charge < -0.3 is 15.1 Å². The van der Waals surface area contributed by atoms with Crippen molar-refractivity contribution in [2.24, 2.45) is 11.8 Å². The van der Waals surface area contributed by atoms with E-state index in [1.807, 2.05) is 48.5 Å². The quantitative estimate of drug-likeness (QED) is 0.315. The third-order valence-corrected chi connectivity index (χ3v) is 9.10. The van der Waals surface area contributed by atoms with Gasteiger partial charge in [-0.25, -0.2) is 9.00 Å². The number of amides is 1. The molecule has 6 atom stereocenters. The average Bonchev–Trinajstić information content (AvgIpc) is 3.26. The Morgan fingerprint density at radius 3 is 2.67 bits per heavy atom. The molecule has 5 rings (SSSR count). The monoisotopic (exact) mass is 514 g/mol. The van der Waals surface area contributed by atoms with Crippen LogP contribution < -0.4 is 4.31 Å². The molecule has 0 bridgehead atoms. The summed E-state index contributed by atoms with van der Waals surface area (Å²) in [5.74, 6) is -2.04. The number of hydrogen-bond acceptors (Lipinski definition) is 7. The number of hydrogen-bond donors (Lipinski definition) is 2. The lowest BCUT2D eigenvalue weighted by Crippen LogP contribution is -2.63. The zero-order valence-electron chi connectivity index (χ0n) is 20.6. The number of nitrogens with zero attached hydrogens (tertiary/aromatic N) is 2. The van der Waals surface area contributed by atoms with Gasteiger partial charge in [0.2, 0.25) is 5.91 Å². The molecule has 6 unspecified atom stereocenters. The summed E-state index contributed by atoms with van der Waals surface area (Å²) in [5, 5.41) is 21.5. The fraction of sp³-hybridized carbons (Fsp3) is 0.462. The van der Waals surface area contributed by atoms with E-state index in [0.29, 0.717) is 23.3 Å². The highest BCUT2D eigenvalue weighted by Gasteiger charge is 2.61. The molecule has 3 aliphatic heterocycles. The van der Waals surface area contributed by atoms with Crippen LogP contribution in [0.15, 0.2) is 46.5 Å². The van der Waals surface area contributed by atoms with Crippen molar-refractivity contribution in [1.29, 1.82) is 0 Å². The van der Waals surface area contributed by atoms with E-state index in [1.54, 1.807) is 6.92 Å². The van der Waals surface area contributed by atoms with Gasteiger partial charge in [0.05, 0.1) is 41.8 Å². The number of aliphatic hydroxyl groups excluding tert-OH is 2. The van der Waals surface area contributed by atoms with Crippen LogP contribution in [0.4, 0.5) is 5.69 Å². The molecule has 2 aromatic carbocycles. The van der Waals surface area contributed by atoms with Crippen LogP contribution in [0.1, 0.15) is 32.8 Å². The molecule has 1 fully saturated rings. The number of benzene rings is 2. The Morgan fingerprint density at radius 1 is 1.28 bits per heavy atom. The minimum absolute atomic E-state index is 0.0103. The summed E-state index contributed by atoms with van der Waals surface area (Å²) >= 11 is 0. The number of anilines is 1. The summed E-state index contributed by atoms with van der Waals surface area (Å²) < 4.78 is 15.8. The molecule has 2 N–H and O–H groups in total. The van der Waals surface area contributed by atoms with Crippen molar-refractivity contribution in [3.63, 3.8) is 0 Å². The Bertz CT molecular complexity index is 1310. The van der Waals surface area contributed by atoms with Crippen LogP contribution in [0.5, 0.6) is 0 Å². The zero-order valence-corrected chi connectivity index (χ0v) is 21.4. The highest BCUT2D eigenvalue weighted by atomic mass is 32.2. The van der Waals surface area contributed by atoms with Gasteiger partial charge in [-0.1, -0.05) is 32.0 Å². The Hall–Kier alpha value is -2.79. The van der Waals surface area contributed by atoms with Gasteiger partial charge in [-0.05, 0) is 48.4 Å². The molecule has 0 saturated carbocycles. The summed E-state index contributed by atoms with van der Waals surface area (Å²) in [6.07, 6.45) is 0.0945. The van der Waals surface area contributed by atoms with Gasteiger partial charge in [0, 0.05) is 17.9 Å². The van der Waals surface area contributed by atoms with Crippen LogP contribution in [0.25, 0.3) is 10.8 Å². The molecule has 3 heterocycles. The van der Waals surface area contributed by atoms with Crippen LogP contribution in [-0.4, -0.2) is 63.1 Å². The molecule has 0 spiro atoms. The lowest BCUT2D eigenvalue weighted by Gasteiger charge is -2.46. The Labute approximate surface area is 211 Å². The Kier molecular flexibility index (Phi) is 6.40. The molecule has 9 nitrogen and oxygen atoms in total. The van der Waals surface area contributed by atoms with Crippen molar-refractivity contribution in [1.82, 2.24) is 4.90 Å². The molecule has 0 aliphatic carbocycles. The zero-order chi connectivity index (χ0) is 25.9. The predicted octanol–water partition coefficient (Wildman–Crippen LogP) is 2.21. The first-order valence-corrected chi connectivity index (χ1v) is 13.2. The van der Waals surface area contributed by atoms with E-state index in [0.717, 1.165) is 22.0 Å². The molecule has 0 aromatic heterocycles. The largest absolute Gasteiger partial charge is 0.396 e. The van der Waals surface area contributed by atoms with Crippen molar-refractivity contribution in [2.75, 3.05) is 18.0 Å². The van der Waals surface area contributed by atoms with Crippen LogP contribution in [-0.2, 0) is 36.8 Å². The highest BCUT2D eigenvalue weighted by Crippen LogP contribution is 2.52. The summed E-state index contributed by atoms with van der Waals surface area (Å²) in [6.45, 7) is 5.44. The molecule has 1 saturated heterocycles. The maximum absolute atomic E-state index is 14.0. The van der Waals surface area contributed by atoms with Crippen molar-refractivity contribution < 1.29 is 33.8 Å². The second kappa shape index (κ2) is 9.26. The van der Waals surface area contributed by atoms with Crippen LogP contribution >= 0.6 is 0 Å². The SMILES string of the molecule is CCC(C1=C(C(=O)OOC)N2C(=O)C(C(C)O)C2C1C)N1c2cccc3cc(CCO)cc(c23)S1=O. The number of rotatable bonds is 8. The van der Waals surface area contributed by atoms with Crippen LogP contribution in [0, 0.1) is 11.8 Å². The smallest absolute Gasteiger partial charge is 0.389 e. The van der Waals surface area contributed by atoms with E-state index in [2.05, 4.69) is 4.89 Å². The van der Waals surface area contributed by atoms with E-state index in [1.165, 1.54) is 12.0 Å². The Morgan fingerprint density at radius 2 is 2.03 bits per heavy atom. The van der Waals surface area contributed by atoms with Gasteiger partial charge in [-0.2, -0.15) is 4.89 Å². The second-order valence-electron chi connectivity index (χ2n) is 9.54. The van der Waals surface area contributed by atoms with E-state index in [4.69, 9.17) is 4.89 Å². The summed E-state index contributed by atoms with van der Waals surface area (Å²) in [7, 11) is -0.357. The van der Waals surface area contributed by atoms with E-state index >= 15 is 0 Å².